The summed E-state index contributed by atoms with van der Waals surface area (Å²) in [5.74, 6) is 0.465. The first kappa shape index (κ1) is 10.5. The molecule has 3 heteroatoms. The maximum atomic E-state index is 11.2. The number of rotatable bonds is 2. The van der Waals surface area contributed by atoms with Crippen LogP contribution in [0.5, 0.6) is 0 Å². The molecule has 1 N–H and O–H groups in total. The summed E-state index contributed by atoms with van der Waals surface area (Å²) in [5.41, 5.74) is 3.09. The van der Waals surface area contributed by atoms with E-state index in [9.17, 15) is 4.79 Å². The van der Waals surface area contributed by atoms with Crippen molar-refractivity contribution in [3.8, 4) is 0 Å². The van der Waals surface area contributed by atoms with E-state index >= 15 is 0 Å². The molecule has 0 saturated carbocycles. The van der Waals surface area contributed by atoms with Crippen LogP contribution in [0.4, 0.5) is 5.69 Å². The van der Waals surface area contributed by atoms with E-state index in [4.69, 9.17) is 11.6 Å². The molecule has 0 spiro atoms. The van der Waals surface area contributed by atoms with Crippen LogP contribution < -0.4 is 5.32 Å². The van der Waals surface area contributed by atoms with Gasteiger partial charge in [0.25, 0.3) is 0 Å². The highest BCUT2D eigenvalue weighted by atomic mass is 35.5. The Morgan fingerprint density at radius 1 is 1.40 bits per heavy atom. The first-order chi connectivity index (χ1) is 7.08. The molecule has 1 aliphatic rings. The van der Waals surface area contributed by atoms with E-state index in [2.05, 4.69) is 19.2 Å². The maximum absolute atomic E-state index is 11.2. The molecule has 1 unspecified atom stereocenters. The molecule has 0 aliphatic carbocycles. The number of benzene rings is 1. The number of hydrogen-bond donors (Lipinski definition) is 1. The van der Waals surface area contributed by atoms with Gasteiger partial charge in [0.1, 0.15) is 0 Å². The van der Waals surface area contributed by atoms with Gasteiger partial charge in [-0.05, 0) is 23.1 Å². The number of fused-ring (bicyclic) bond motifs is 1. The minimum atomic E-state index is 0.0194. The summed E-state index contributed by atoms with van der Waals surface area (Å²) >= 11 is 6.27. The molecule has 0 radical (unpaired) electrons. The van der Waals surface area contributed by atoms with E-state index in [0.717, 1.165) is 16.8 Å². The molecule has 1 heterocycles. The minimum absolute atomic E-state index is 0.0194. The van der Waals surface area contributed by atoms with Gasteiger partial charge in [-0.25, -0.2) is 0 Å². The summed E-state index contributed by atoms with van der Waals surface area (Å²) in [6, 6.07) is 5.96. The van der Waals surface area contributed by atoms with Crippen molar-refractivity contribution in [1.29, 1.82) is 0 Å². The van der Waals surface area contributed by atoms with Crippen molar-refractivity contribution >= 4 is 23.2 Å². The first-order valence-corrected chi connectivity index (χ1v) is 5.58. The zero-order valence-electron chi connectivity index (χ0n) is 8.88. The fourth-order valence-electron chi connectivity index (χ4n) is 1.81. The summed E-state index contributed by atoms with van der Waals surface area (Å²) in [6.07, 6.45) is 0.477. The van der Waals surface area contributed by atoms with Gasteiger partial charge in [-0.3, -0.25) is 4.79 Å². The average molecular weight is 224 g/mol. The van der Waals surface area contributed by atoms with Crippen molar-refractivity contribution < 1.29 is 4.79 Å². The van der Waals surface area contributed by atoms with Crippen LogP contribution in [0.1, 0.15) is 30.4 Å². The molecule has 0 fully saturated rings. The van der Waals surface area contributed by atoms with Gasteiger partial charge in [0, 0.05) is 5.69 Å². The number of hydrogen-bond acceptors (Lipinski definition) is 1. The molecule has 15 heavy (non-hydrogen) atoms. The van der Waals surface area contributed by atoms with Gasteiger partial charge in [0.15, 0.2) is 0 Å². The van der Waals surface area contributed by atoms with E-state index in [1.165, 1.54) is 0 Å². The lowest BCUT2D eigenvalue weighted by Crippen LogP contribution is -2.03. The van der Waals surface area contributed by atoms with Crippen molar-refractivity contribution in [3.63, 3.8) is 0 Å². The third-order valence-corrected chi connectivity index (χ3v) is 3.41. The highest BCUT2D eigenvalue weighted by Crippen LogP contribution is 2.32. The molecule has 1 aromatic carbocycles. The summed E-state index contributed by atoms with van der Waals surface area (Å²) in [4.78, 5) is 11.2. The number of amides is 1. The SMILES string of the molecule is CC(C)C(Cl)c1ccc2c(c1)CC(=O)N2. The number of alkyl halides is 1. The number of carbonyl (C=O) groups is 1. The monoisotopic (exact) mass is 223 g/mol. The van der Waals surface area contributed by atoms with Crippen molar-refractivity contribution in [2.45, 2.75) is 25.6 Å². The molecule has 0 saturated heterocycles. The summed E-state index contributed by atoms with van der Waals surface area (Å²) < 4.78 is 0. The van der Waals surface area contributed by atoms with Crippen LogP contribution in [0, 0.1) is 5.92 Å². The van der Waals surface area contributed by atoms with Crippen LogP contribution in [-0.4, -0.2) is 5.91 Å². The van der Waals surface area contributed by atoms with E-state index in [1.54, 1.807) is 0 Å². The maximum Gasteiger partial charge on any atom is 0.228 e. The largest absolute Gasteiger partial charge is 0.326 e. The number of halogens is 1. The smallest absolute Gasteiger partial charge is 0.228 e. The van der Waals surface area contributed by atoms with Crippen LogP contribution >= 0.6 is 11.6 Å². The van der Waals surface area contributed by atoms with Crippen LogP contribution in [0.15, 0.2) is 18.2 Å². The molecule has 1 aromatic rings. The first-order valence-electron chi connectivity index (χ1n) is 5.14. The van der Waals surface area contributed by atoms with Crippen molar-refractivity contribution in [3.05, 3.63) is 29.3 Å². The lowest BCUT2D eigenvalue weighted by atomic mass is 9.99. The van der Waals surface area contributed by atoms with Gasteiger partial charge in [-0.2, -0.15) is 0 Å². The standard InChI is InChI=1S/C12H14ClNO/c1-7(2)12(13)8-3-4-10-9(5-8)6-11(15)14-10/h3-5,7,12H,6H2,1-2H3,(H,14,15). The fourth-order valence-corrected chi connectivity index (χ4v) is 1.94. The summed E-state index contributed by atoms with van der Waals surface area (Å²) in [7, 11) is 0. The average Bonchev–Trinajstić information content (AvgIpc) is 2.55. The van der Waals surface area contributed by atoms with E-state index < -0.39 is 0 Å². The van der Waals surface area contributed by atoms with Gasteiger partial charge in [-0.1, -0.05) is 26.0 Å². The van der Waals surface area contributed by atoms with E-state index in [1.807, 2.05) is 18.2 Å². The topological polar surface area (TPSA) is 29.1 Å². The molecule has 80 valence electrons. The molecule has 1 amide bonds. The van der Waals surface area contributed by atoms with E-state index in [-0.39, 0.29) is 11.3 Å². The Labute approximate surface area is 94.6 Å². The second kappa shape index (κ2) is 3.86. The Balaban J connectivity index is 2.31. The van der Waals surface area contributed by atoms with Crippen LogP contribution in [0.2, 0.25) is 0 Å². The molecule has 0 aromatic heterocycles. The second-order valence-electron chi connectivity index (χ2n) is 4.29. The Hall–Kier alpha value is -1.02. The molecule has 1 atom stereocenters. The van der Waals surface area contributed by atoms with Gasteiger partial charge in [0.05, 0.1) is 11.8 Å². The lowest BCUT2D eigenvalue weighted by molar-refractivity contribution is -0.115. The zero-order chi connectivity index (χ0) is 11.0. The predicted molar refractivity (Wildman–Crippen MR) is 62.2 cm³/mol. The Morgan fingerprint density at radius 3 is 2.80 bits per heavy atom. The van der Waals surface area contributed by atoms with Gasteiger partial charge >= 0.3 is 0 Å². The molecule has 0 bridgehead atoms. The van der Waals surface area contributed by atoms with Crippen molar-refractivity contribution in [2.75, 3.05) is 5.32 Å². The number of carbonyl (C=O) groups excluding carboxylic acids is 1. The highest BCUT2D eigenvalue weighted by Gasteiger charge is 2.20. The normalized spacial score (nSPS) is 16.4. The minimum Gasteiger partial charge on any atom is -0.326 e. The van der Waals surface area contributed by atoms with Crippen molar-refractivity contribution in [1.82, 2.24) is 0 Å². The third kappa shape index (κ3) is 2.00. The number of nitrogens with one attached hydrogen (secondary N) is 1. The second-order valence-corrected chi connectivity index (χ2v) is 4.76. The number of anilines is 1. The quantitative estimate of drug-likeness (QED) is 0.767. The fraction of sp³-hybridized carbons (Fsp3) is 0.417. The van der Waals surface area contributed by atoms with Gasteiger partial charge in [0.2, 0.25) is 5.91 Å². The van der Waals surface area contributed by atoms with E-state index in [0.29, 0.717) is 12.3 Å². The van der Waals surface area contributed by atoms with Crippen LogP contribution in [0.25, 0.3) is 0 Å². The van der Waals surface area contributed by atoms with Crippen LogP contribution in [0.3, 0.4) is 0 Å². The van der Waals surface area contributed by atoms with Crippen molar-refractivity contribution in [2.24, 2.45) is 5.92 Å². The van der Waals surface area contributed by atoms with Gasteiger partial charge < -0.3 is 5.32 Å². The zero-order valence-corrected chi connectivity index (χ0v) is 9.64. The molecular weight excluding hydrogens is 210 g/mol. The highest BCUT2D eigenvalue weighted by molar-refractivity contribution is 6.21. The summed E-state index contributed by atoms with van der Waals surface area (Å²) in [6.45, 7) is 4.18. The molecule has 2 nitrogen and oxygen atoms in total. The molecule has 1 aliphatic heterocycles. The Morgan fingerprint density at radius 2 is 2.13 bits per heavy atom. The molecular formula is C12H14ClNO. The Kier molecular flexibility index (Phi) is 2.70. The lowest BCUT2D eigenvalue weighted by Gasteiger charge is -2.14. The predicted octanol–water partition coefficient (Wildman–Crippen LogP) is 3.12. The molecule has 2 rings (SSSR count). The third-order valence-electron chi connectivity index (χ3n) is 2.66. The Bertz CT molecular complexity index is 401. The van der Waals surface area contributed by atoms with Gasteiger partial charge in [-0.15, -0.1) is 11.6 Å². The summed E-state index contributed by atoms with van der Waals surface area (Å²) in [5, 5.41) is 2.83. The van der Waals surface area contributed by atoms with Crippen LogP contribution in [-0.2, 0) is 11.2 Å².